The number of aromatic hydroxyl groups is 1. The van der Waals surface area contributed by atoms with Gasteiger partial charge in [0.15, 0.2) is 5.78 Å². The van der Waals surface area contributed by atoms with E-state index in [1.54, 1.807) is 37.4 Å². The largest absolute Gasteiger partial charge is 0.507 e. The van der Waals surface area contributed by atoms with Gasteiger partial charge >= 0.3 is 5.97 Å². The number of nitrogens with zero attached hydrogens (tertiary/aromatic N) is 3. The molecule has 4 N–H and O–H groups in total. The van der Waals surface area contributed by atoms with Crippen molar-refractivity contribution in [2.45, 2.75) is 77.5 Å². The molecule has 2 heterocycles. The van der Waals surface area contributed by atoms with Crippen LogP contribution in [0.3, 0.4) is 0 Å². The minimum atomic E-state index is -0.647. The molecule has 2 aliphatic heterocycles. The lowest BCUT2D eigenvalue weighted by Gasteiger charge is -2.60. The summed E-state index contributed by atoms with van der Waals surface area (Å²) in [4.78, 5) is 37.1. The number of rotatable bonds is 11. The quantitative estimate of drug-likeness (QED) is 0.210. The molecule has 1 aromatic carbocycles. The van der Waals surface area contributed by atoms with Crippen LogP contribution in [-0.2, 0) is 14.3 Å². The van der Waals surface area contributed by atoms with Crippen LogP contribution in [0.25, 0.3) is 6.08 Å². The number of aliphatic imine (C=N–C) groups is 2. The lowest BCUT2D eigenvalue weighted by molar-refractivity contribution is -0.153. The van der Waals surface area contributed by atoms with E-state index in [4.69, 9.17) is 4.74 Å². The summed E-state index contributed by atoms with van der Waals surface area (Å²) < 4.78 is 5.71. The number of ketones is 1. The number of phenols is 1. The second-order valence-electron chi connectivity index (χ2n) is 14.1. The average molecular weight is 633 g/mol. The number of hydrogen-bond acceptors (Lipinski definition) is 10. The van der Waals surface area contributed by atoms with Gasteiger partial charge in [-0.25, -0.2) is 9.79 Å². The molecular formula is C36H48N4O6. The normalized spacial score (nSPS) is 31.3. The molecule has 5 rings (SSSR count). The second-order valence-corrected chi connectivity index (χ2v) is 14.1. The maximum absolute atomic E-state index is 13.5. The van der Waals surface area contributed by atoms with Gasteiger partial charge in [-0.2, -0.15) is 0 Å². The van der Waals surface area contributed by atoms with Crippen molar-refractivity contribution in [3.63, 3.8) is 0 Å². The van der Waals surface area contributed by atoms with Gasteiger partial charge in [-0.15, -0.1) is 0 Å². The summed E-state index contributed by atoms with van der Waals surface area (Å²) >= 11 is 0. The maximum Gasteiger partial charge on any atom is 0.341 e. The molecule has 2 fully saturated rings. The Morgan fingerprint density at radius 3 is 2.70 bits per heavy atom. The zero-order chi connectivity index (χ0) is 33.4. The molecule has 0 radical (unpaired) electrons. The number of allylic oxidation sites excluding steroid dienone is 2. The van der Waals surface area contributed by atoms with Crippen molar-refractivity contribution in [2.24, 2.45) is 32.7 Å². The molecule has 0 amide bonds. The van der Waals surface area contributed by atoms with Crippen molar-refractivity contribution >= 4 is 35.6 Å². The number of cyclic esters (lactones) is 1. The number of carbonyl (C=O) groups excluding carboxylic acids is 2. The van der Waals surface area contributed by atoms with E-state index >= 15 is 0 Å². The standard InChI is InChI=1S/C36H48N4O6/c1-21-7-10-31-35(3,12-11-32(44)36(31,4)20-41)27(21)18-28(39-22(2)29(42)19-33-37-13-14-38-33)26-17-25(46-34(26)45)15-23-8-9-24(40(5)6)16-30(23)43/h8-9,13,15-17,22,27-28,31-32,39,41,43-44H,1,7,10-12,14,18-20H2,2-6H3/b25-15+/t22?,27?,28?,31?,32-,35-,36+/m1/s1. The Kier molecular flexibility index (Phi) is 9.73. The SMILES string of the molecule is C=C1CCC2[C@](C)(CC[C@@H](O)[C@@]2(C)CO)C1CC(NC(C)C(=O)CC1=NCC=N1)C1=C/C(=C\c2ccc(N(C)C)cc2O)OC1=O. The zero-order valence-corrected chi connectivity index (χ0v) is 27.6. The number of anilines is 1. The van der Waals surface area contributed by atoms with Crippen molar-refractivity contribution in [1.29, 1.82) is 0 Å². The number of phenolic OH excluding ortho intramolecular Hbond substituents is 1. The lowest BCUT2D eigenvalue weighted by Crippen LogP contribution is -2.58. The first-order valence-electron chi connectivity index (χ1n) is 16.2. The number of ether oxygens (including phenoxy) is 1. The van der Waals surface area contributed by atoms with Gasteiger partial charge < -0.3 is 30.3 Å². The molecule has 10 nitrogen and oxygen atoms in total. The van der Waals surface area contributed by atoms with Crippen LogP contribution in [0.5, 0.6) is 5.75 Å². The molecule has 0 aromatic heterocycles. The second kappa shape index (κ2) is 13.3. The number of carbonyl (C=O) groups is 2. The van der Waals surface area contributed by atoms with E-state index < -0.39 is 29.6 Å². The molecule has 4 unspecified atom stereocenters. The third kappa shape index (κ3) is 6.48. The fraction of sp³-hybridized carbons (Fsp3) is 0.556. The molecule has 2 aliphatic carbocycles. The van der Waals surface area contributed by atoms with Crippen LogP contribution in [0.1, 0.15) is 64.9 Å². The Labute approximate surface area is 271 Å². The molecule has 0 bridgehead atoms. The first kappa shape index (κ1) is 33.8. The highest BCUT2D eigenvalue weighted by atomic mass is 16.5. The molecule has 248 valence electrons. The lowest BCUT2D eigenvalue weighted by atomic mass is 9.46. The van der Waals surface area contributed by atoms with Gasteiger partial charge in [-0.1, -0.05) is 26.0 Å². The van der Waals surface area contributed by atoms with E-state index in [1.807, 2.05) is 32.0 Å². The first-order chi connectivity index (χ1) is 21.8. The highest BCUT2D eigenvalue weighted by Gasteiger charge is 2.58. The van der Waals surface area contributed by atoms with E-state index in [0.717, 1.165) is 30.5 Å². The maximum atomic E-state index is 13.5. The molecule has 2 saturated carbocycles. The topological polar surface area (TPSA) is 144 Å². The molecule has 10 heteroatoms. The van der Waals surface area contributed by atoms with E-state index in [2.05, 4.69) is 28.8 Å². The van der Waals surface area contributed by atoms with Crippen molar-refractivity contribution in [3.8, 4) is 5.75 Å². The first-order valence-corrected chi connectivity index (χ1v) is 16.2. The highest BCUT2D eigenvalue weighted by Crippen LogP contribution is 2.62. The third-order valence-electron chi connectivity index (χ3n) is 11.0. The third-order valence-corrected chi connectivity index (χ3v) is 11.0. The molecule has 1 aromatic rings. The van der Waals surface area contributed by atoms with Crippen molar-refractivity contribution in [1.82, 2.24) is 5.32 Å². The number of hydrogen-bond donors (Lipinski definition) is 4. The van der Waals surface area contributed by atoms with Crippen molar-refractivity contribution in [3.05, 3.63) is 53.3 Å². The molecule has 7 atom stereocenters. The summed E-state index contributed by atoms with van der Waals surface area (Å²) in [5, 5.41) is 35.6. The van der Waals surface area contributed by atoms with Crippen molar-refractivity contribution in [2.75, 3.05) is 32.1 Å². The number of Topliss-reactive ketones (excluding diaryl/α,β-unsaturated/α-hetero) is 1. The van der Waals surface area contributed by atoms with Gasteiger partial charge in [0, 0.05) is 49.1 Å². The van der Waals surface area contributed by atoms with Crippen molar-refractivity contribution < 1.29 is 29.6 Å². The number of fused-ring (bicyclic) bond motifs is 1. The van der Waals surface area contributed by atoms with Gasteiger partial charge in [0.05, 0.1) is 37.3 Å². The predicted molar refractivity (Wildman–Crippen MR) is 180 cm³/mol. The number of nitrogens with one attached hydrogen (secondary N) is 1. The van der Waals surface area contributed by atoms with Crippen LogP contribution in [0.15, 0.2) is 57.7 Å². The van der Waals surface area contributed by atoms with Gasteiger partial charge in [-0.05, 0) is 80.6 Å². The van der Waals surface area contributed by atoms with Gasteiger partial charge in [0.25, 0.3) is 0 Å². The Balaban J connectivity index is 1.48. The molecular weight excluding hydrogens is 584 g/mol. The Morgan fingerprint density at radius 2 is 2.04 bits per heavy atom. The molecule has 0 spiro atoms. The predicted octanol–water partition coefficient (Wildman–Crippen LogP) is 4.20. The zero-order valence-electron chi connectivity index (χ0n) is 27.6. The highest BCUT2D eigenvalue weighted by molar-refractivity contribution is 6.07. The van der Waals surface area contributed by atoms with Gasteiger partial charge in [0.2, 0.25) is 0 Å². The van der Waals surface area contributed by atoms with Crippen LogP contribution < -0.4 is 10.2 Å². The fourth-order valence-electron chi connectivity index (χ4n) is 8.10. The van der Waals surface area contributed by atoms with E-state index in [9.17, 15) is 24.9 Å². The number of benzene rings is 1. The Hall–Kier alpha value is -3.60. The monoisotopic (exact) mass is 632 g/mol. The average Bonchev–Trinajstić information content (AvgIpc) is 3.66. The van der Waals surface area contributed by atoms with Gasteiger partial charge in [0.1, 0.15) is 17.3 Å². The minimum Gasteiger partial charge on any atom is -0.507 e. The van der Waals surface area contributed by atoms with E-state index in [0.29, 0.717) is 42.1 Å². The van der Waals surface area contributed by atoms with Crippen LogP contribution in [-0.4, -0.2) is 84.6 Å². The Morgan fingerprint density at radius 1 is 1.28 bits per heavy atom. The fourth-order valence-corrected chi connectivity index (χ4v) is 8.10. The summed E-state index contributed by atoms with van der Waals surface area (Å²) in [6, 6.07) is 4.13. The van der Waals surface area contributed by atoms with E-state index in [1.165, 1.54) is 0 Å². The number of amidine groups is 1. The summed E-state index contributed by atoms with van der Waals surface area (Å²) in [6.45, 7) is 10.8. The van der Waals surface area contributed by atoms with E-state index in [-0.39, 0.29) is 41.8 Å². The number of aliphatic hydroxyl groups is 2. The van der Waals surface area contributed by atoms with Crippen LogP contribution in [0.4, 0.5) is 5.69 Å². The molecule has 4 aliphatic rings. The van der Waals surface area contributed by atoms with Crippen LogP contribution in [0.2, 0.25) is 0 Å². The molecule has 0 saturated heterocycles. The summed E-state index contributed by atoms with van der Waals surface area (Å²) in [5.74, 6) is 0.268. The number of esters is 1. The summed E-state index contributed by atoms with van der Waals surface area (Å²) in [6.07, 6.45) is 7.88. The summed E-state index contributed by atoms with van der Waals surface area (Å²) in [7, 11) is 3.77. The van der Waals surface area contributed by atoms with Gasteiger partial charge in [-0.3, -0.25) is 9.79 Å². The van der Waals surface area contributed by atoms with Crippen LogP contribution >= 0.6 is 0 Å². The summed E-state index contributed by atoms with van der Waals surface area (Å²) in [5.41, 5.74) is 1.89. The smallest absolute Gasteiger partial charge is 0.341 e. The Bertz CT molecular complexity index is 1510. The van der Waals surface area contributed by atoms with Crippen LogP contribution in [0, 0.1) is 22.7 Å². The molecule has 46 heavy (non-hydrogen) atoms. The number of aliphatic hydroxyl groups excluding tert-OH is 2. The minimum absolute atomic E-state index is 0.0439.